The maximum absolute atomic E-state index is 10.6. The van der Waals surface area contributed by atoms with Crippen LogP contribution in [0, 0.1) is 0 Å². The van der Waals surface area contributed by atoms with Gasteiger partial charge < -0.3 is 14.2 Å². The van der Waals surface area contributed by atoms with Gasteiger partial charge in [-0.15, -0.1) is 0 Å². The van der Waals surface area contributed by atoms with Crippen LogP contribution in [0.5, 0.6) is 11.5 Å². The monoisotopic (exact) mass is 232 g/mol. The first kappa shape index (κ1) is 10.2. The molecule has 0 saturated carbocycles. The molecule has 1 fully saturated rings. The Kier molecular flexibility index (Phi) is 2.48. The summed E-state index contributed by atoms with van der Waals surface area (Å²) in [6, 6.07) is 5.78. The molecule has 2 aliphatic heterocycles. The van der Waals surface area contributed by atoms with E-state index in [1.807, 2.05) is 30.4 Å². The zero-order valence-corrected chi connectivity index (χ0v) is 9.22. The highest BCUT2D eigenvalue weighted by Crippen LogP contribution is 2.31. The minimum absolute atomic E-state index is 0.114. The first-order chi connectivity index (χ1) is 8.33. The second-order valence-corrected chi connectivity index (χ2v) is 3.97. The number of epoxide rings is 1. The van der Waals surface area contributed by atoms with E-state index in [2.05, 4.69) is 0 Å². The third-order valence-corrected chi connectivity index (χ3v) is 2.69. The Morgan fingerprint density at radius 1 is 1.24 bits per heavy atom. The van der Waals surface area contributed by atoms with Crippen LogP contribution < -0.4 is 9.47 Å². The number of carbonyl (C=O) groups is 1. The lowest BCUT2D eigenvalue weighted by Crippen LogP contribution is -2.15. The van der Waals surface area contributed by atoms with Gasteiger partial charge in [-0.1, -0.05) is 18.2 Å². The van der Waals surface area contributed by atoms with Crippen LogP contribution in [-0.4, -0.2) is 25.3 Å². The maximum Gasteiger partial charge on any atom is 0.348 e. The predicted octanol–water partition coefficient (Wildman–Crippen LogP) is 1.79. The van der Waals surface area contributed by atoms with Gasteiger partial charge in [-0.05, 0) is 17.7 Å². The van der Waals surface area contributed by atoms with E-state index < -0.39 is 0 Å². The average molecular weight is 232 g/mol. The van der Waals surface area contributed by atoms with Crippen LogP contribution in [-0.2, 0) is 9.53 Å². The lowest BCUT2D eigenvalue weighted by atomic mass is 10.1. The Hall–Kier alpha value is -1.97. The zero-order valence-electron chi connectivity index (χ0n) is 9.22. The molecule has 1 aromatic carbocycles. The second-order valence-electron chi connectivity index (χ2n) is 3.97. The highest BCUT2D eigenvalue weighted by atomic mass is 16.6. The van der Waals surface area contributed by atoms with E-state index >= 15 is 0 Å². The van der Waals surface area contributed by atoms with Gasteiger partial charge in [0.05, 0.1) is 0 Å². The summed E-state index contributed by atoms with van der Waals surface area (Å²) >= 11 is 0. The summed E-state index contributed by atoms with van der Waals surface area (Å²) in [5, 5.41) is 0. The Morgan fingerprint density at radius 2 is 2.00 bits per heavy atom. The predicted molar refractivity (Wildman–Crippen MR) is 61.0 cm³/mol. The fourth-order valence-corrected chi connectivity index (χ4v) is 1.74. The Morgan fingerprint density at radius 3 is 2.76 bits per heavy atom. The van der Waals surface area contributed by atoms with Gasteiger partial charge >= 0.3 is 5.97 Å². The van der Waals surface area contributed by atoms with E-state index in [1.54, 1.807) is 0 Å². The summed E-state index contributed by atoms with van der Waals surface area (Å²) in [5.74, 6) is 1.45. The van der Waals surface area contributed by atoms with Gasteiger partial charge in [0.15, 0.2) is 11.5 Å². The molecular formula is C13H12O4. The van der Waals surface area contributed by atoms with Crippen LogP contribution in [0.15, 0.2) is 24.3 Å². The highest BCUT2D eigenvalue weighted by molar-refractivity contribution is 5.87. The highest BCUT2D eigenvalue weighted by Gasteiger charge is 2.36. The Bertz CT molecular complexity index is 478. The van der Waals surface area contributed by atoms with Crippen molar-refractivity contribution < 1.29 is 19.0 Å². The van der Waals surface area contributed by atoms with Crippen molar-refractivity contribution in [3.8, 4) is 11.5 Å². The molecule has 1 atom stereocenters. The molecule has 0 N–H and O–H groups in total. The number of rotatable bonds is 3. The summed E-state index contributed by atoms with van der Waals surface area (Å²) in [7, 11) is 0. The molecule has 88 valence electrons. The van der Waals surface area contributed by atoms with Gasteiger partial charge in [-0.2, -0.15) is 0 Å². The van der Waals surface area contributed by atoms with E-state index in [0.29, 0.717) is 19.6 Å². The second kappa shape index (κ2) is 4.13. The molecule has 2 aliphatic rings. The van der Waals surface area contributed by atoms with E-state index in [9.17, 15) is 4.79 Å². The minimum atomic E-state index is -0.219. The molecule has 0 bridgehead atoms. The summed E-state index contributed by atoms with van der Waals surface area (Å²) in [4.78, 5) is 10.6. The van der Waals surface area contributed by atoms with Crippen molar-refractivity contribution in [2.24, 2.45) is 0 Å². The van der Waals surface area contributed by atoms with E-state index in [0.717, 1.165) is 17.1 Å². The fourth-order valence-electron chi connectivity index (χ4n) is 1.74. The molecule has 0 spiro atoms. The molecule has 1 saturated heterocycles. The van der Waals surface area contributed by atoms with Gasteiger partial charge in [0.1, 0.15) is 13.2 Å². The first-order valence-corrected chi connectivity index (χ1v) is 5.59. The summed E-state index contributed by atoms with van der Waals surface area (Å²) in [6.45, 7) is 1.19. The topological polar surface area (TPSA) is 48.1 Å². The van der Waals surface area contributed by atoms with Gasteiger partial charge in [0, 0.05) is 6.42 Å². The van der Waals surface area contributed by atoms with Crippen molar-refractivity contribution in [3.05, 3.63) is 29.8 Å². The third-order valence-electron chi connectivity index (χ3n) is 2.69. The van der Waals surface area contributed by atoms with Gasteiger partial charge in [-0.25, -0.2) is 4.79 Å². The third kappa shape index (κ3) is 2.25. The standard InChI is InChI=1S/C13H12O4/c14-13-11(17-13)3-1-2-9-4-5-10-12(8-9)16-7-6-15-10/h1-2,4-5,8,11H,3,6-7H2. The number of benzene rings is 1. The quantitative estimate of drug-likeness (QED) is 0.745. The number of carbonyl (C=O) groups excluding carboxylic acids is 1. The lowest BCUT2D eigenvalue weighted by Gasteiger charge is -2.18. The molecule has 1 aromatic rings. The maximum atomic E-state index is 10.6. The molecule has 4 heteroatoms. The van der Waals surface area contributed by atoms with Crippen molar-refractivity contribution >= 4 is 12.0 Å². The smallest absolute Gasteiger partial charge is 0.348 e. The van der Waals surface area contributed by atoms with E-state index in [1.165, 1.54) is 0 Å². The Labute approximate surface area is 98.8 Å². The molecule has 0 aliphatic carbocycles. The van der Waals surface area contributed by atoms with Crippen molar-refractivity contribution in [2.45, 2.75) is 12.5 Å². The number of hydrogen-bond donors (Lipinski definition) is 0. The molecular weight excluding hydrogens is 220 g/mol. The van der Waals surface area contributed by atoms with Crippen LogP contribution >= 0.6 is 0 Å². The van der Waals surface area contributed by atoms with E-state index in [-0.39, 0.29) is 12.1 Å². The van der Waals surface area contributed by atoms with Crippen LogP contribution in [0.2, 0.25) is 0 Å². The number of cyclic esters (lactones) is 1. The van der Waals surface area contributed by atoms with Crippen molar-refractivity contribution in [2.75, 3.05) is 13.2 Å². The molecule has 17 heavy (non-hydrogen) atoms. The molecule has 2 heterocycles. The molecule has 4 nitrogen and oxygen atoms in total. The summed E-state index contributed by atoms with van der Waals surface area (Å²) in [6.07, 6.45) is 4.30. The lowest BCUT2D eigenvalue weighted by molar-refractivity contribution is -0.117. The molecule has 0 aromatic heterocycles. The van der Waals surface area contributed by atoms with Crippen molar-refractivity contribution in [1.29, 1.82) is 0 Å². The molecule has 0 amide bonds. The van der Waals surface area contributed by atoms with Gasteiger partial charge in [0.25, 0.3) is 0 Å². The summed E-state index contributed by atoms with van der Waals surface area (Å²) in [5.41, 5.74) is 1.03. The number of hydrogen-bond acceptors (Lipinski definition) is 4. The fraction of sp³-hybridized carbons (Fsp3) is 0.308. The molecule has 3 rings (SSSR count). The van der Waals surface area contributed by atoms with Crippen LogP contribution in [0.1, 0.15) is 12.0 Å². The first-order valence-electron chi connectivity index (χ1n) is 5.59. The number of ether oxygens (including phenoxy) is 3. The van der Waals surface area contributed by atoms with Crippen molar-refractivity contribution in [3.63, 3.8) is 0 Å². The summed E-state index contributed by atoms with van der Waals surface area (Å²) < 4.78 is 15.6. The Balaban J connectivity index is 1.68. The normalized spacial score (nSPS) is 21.4. The van der Waals surface area contributed by atoms with Crippen LogP contribution in [0.3, 0.4) is 0 Å². The average Bonchev–Trinajstić information content (AvgIpc) is 3.05. The van der Waals surface area contributed by atoms with Crippen molar-refractivity contribution in [1.82, 2.24) is 0 Å². The molecule has 0 radical (unpaired) electrons. The van der Waals surface area contributed by atoms with Crippen LogP contribution in [0.4, 0.5) is 0 Å². The van der Waals surface area contributed by atoms with Crippen LogP contribution in [0.25, 0.3) is 6.08 Å². The zero-order chi connectivity index (χ0) is 11.7. The minimum Gasteiger partial charge on any atom is -0.486 e. The molecule has 1 unspecified atom stereocenters. The van der Waals surface area contributed by atoms with E-state index in [4.69, 9.17) is 14.2 Å². The SMILES string of the molecule is O=C1OC1CC=Cc1ccc2c(c1)OCCO2. The largest absolute Gasteiger partial charge is 0.486 e. The number of fused-ring (bicyclic) bond motifs is 1. The van der Waals surface area contributed by atoms with Gasteiger partial charge in [-0.3, -0.25) is 0 Å². The van der Waals surface area contributed by atoms with Gasteiger partial charge in [0.2, 0.25) is 6.10 Å².